The standard InChI is InChI=1S/C19H18N2O4/c1-12-6-5-9-15(13(12)2)21-19(25)14-7-3-4-8-16(14)20-17(22)10-11-18(23)24/h3-11H,1-2H3,(H,20,22)(H,21,25)(H,23,24). The van der Waals surface area contributed by atoms with Gasteiger partial charge in [0, 0.05) is 17.8 Å². The lowest BCUT2D eigenvalue weighted by atomic mass is 10.1. The lowest BCUT2D eigenvalue weighted by molar-refractivity contribution is -0.131. The number of aliphatic carboxylic acids is 1. The zero-order chi connectivity index (χ0) is 18.4. The Morgan fingerprint density at radius 2 is 1.56 bits per heavy atom. The topological polar surface area (TPSA) is 95.5 Å². The Hall–Kier alpha value is -3.41. The maximum Gasteiger partial charge on any atom is 0.328 e. The van der Waals surface area contributed by atoms with E-state index in [0.717, 1.165) is 23.3 Å². The number of amides is 2. The van der Waals surface area contributed by atoms with E-state index in [2.05, 4.69) is 10.6 Å². The molecule has 0 spiro atoms. The second-order valence-electron chi connectivity index (χ2n) is 5.41. The van der Waals surface area contributed by atoms with E-state index in [4.69, 9.17) is 5.11 Å². The highest BCUT2D eigenvalue weighted by Crippen LogP contribution is 2.21. The number of carboxylic acid groups (broad SMARTS) is 1. The number of hydrogen-bond acceptors (Lipinski definition) is 3. The van der Waals surface area contributed by atoms with Crippen molar-refractivity contribution in [2.45, 2.75) is 13.8 Å². The molecule has 0 fully saturated rings. The maximum absolute atomic E-state index is 12.6. The Balaban J connectivity index is 2.22. The van der Waals surface area contributed by atoms with Gasteiger partial charge in [-0.15, -0.1) is 0 Å². The first-order valence-corrected chi connectivity index (χ1v) is 7.57. The molecule has 0 saturated carbocycles. The van der Waals surface area contributed by atoms with Gasteiger partial charge in [0.1, 0.15) is 0 Å². The molecule has 128 valence electrons. The van der Waals surface area contributed by atoms with Gasteiger partial charge in [-0.25, -0.2) is 4.79 Å². The van der Waals surface area contributed by atoms with Crippen LogP contribution in [0.25, 0.3) is 0 Å². The van der Waals surface area contributed by atoms with Crippen LogP contribution < -0.4 is 10.6 Å². The van der Waals surface area contributed by atoms with E-state index in [1.807, 2.05) is 26.0 Å². The molecule has 0 radical (unpaired) electrons. The number of benzene rings is 2. The summed E-state index contributed by atoms with van der Waals surface area (Å²) in [5.74, 6) is -2.22. The molecule has 25 heavy (non-hydrogen) atoms. The lowest BCUT2D eigenvalue weighted by Crippen LogP contribution is -2.17. The summed E-state index contributed by atoms with van der Waals surface area (Å²) in [7, 11) is 0. The summed E-state index contributed by atoms with van der Waals surface area (Å²) in [6, 6.07) is 12.1. The van der Waals surface area contributed by atoms with Gasteiger partial charge in [0.2, 0.25) is 5.91 Å². The Bertz CT molecular complexity index is 856. The fraction of sp³-hybridized carbons (Fsp3) is 0.105. The molecule has 0 aliphatic heterocycles. The zero-order valence-electron chi connectivity index (χ0n) is 13.9. The summed E-state index contributed by atoms with van der Waals surface area (Å²) in [5, 5.41) is 13.9. The highest BCUT2D eigenvalue weighted by atomic mass is 16.4. The normalized spacial score (nSPS) is 10.5. The molecule has 3 N–H and O–H groups in total. The molecule has 2 aromatic rings. The van der Waals surface area contributed by atoms with Gasteiger partial charge in [-0.3, -0.25) is 9.59 Å². The van der Waals surface area contributed by atoms with Gasteiger partial charge >= 0.3 is 5.97 Å². The van der Waals surface area contributed by atoms with Crippen LogP contribution >= 0.6 is 0 Å². The van der Waals surface area contributed by atoms with E-state index < -0.39 is 11.9 Å². The molecule has 0 aliphatic rings. The lowest BCUT2D eigenvalue weighted by Gasteiger charge is -2.13. The van der Waals surface area contributed by atoms with Crippen LogP contribution in [0.3, 0.4) is 0 Å². The van der Waals surface area contributed by atoms with Crippen molar-refractivity contribution in [2.24, 2.45) is 0 Å². The molecule has 2 rings (SSSR count). The molecular weight excluding hydrogens is 320 g/mol. The van der Waals surface area contributed by atoms with Gasteiger partial charge in [0.15, 0.2) is 0 Å². The fourth-order valence-electron chi connectivity index (χ4n) is 2.19. The van der Waals surface area contributed by atoms with Gasteiger partial charge in [0.05, 0.1) is 11.3 Å². The van der Waals surface area contributed by atoms with E-state index in [-0.39, 0.29) is 11.5 Å². The smallest absolute Gasteiger partial charge is 0.328 e. The highest BCUT2D eigenvalue weighted by molar-refractivity contribution is 6.12. The molecule has 0 saturated heterocycles. The maximum atomic E-state index is 12.6. The van der Waals surface area contributed by atoms with Crippen LogP contribution in [-0.4, -0.2) is 22.9 Å². The summed E-state index contributed by atoms with van der Waals surface area (Å²) in [5.41, 5.74) is 3.28. The van der Waals surface area contributed by atoms with Crippen molar-refractivity contribution >= 4 is 29.2 Å². The fourth-order valence-corrected chi connectivity index (χ4v) is 2.19. The number of anilines is 2. The Morgan fingerprint density at radius 3 is 2.28 bits per heavy atom. The first-order valence-electron chi connectivity index (χ1n) is 7.57. The second-order valence-corrected chi connectivity index (χ2v) is 5.41. The van der Waals surface area contributed by atoms with Crippen molar-refractivity contribution < 1.29 is 19.5 Å². The molecule has 0 aromatic heterocycles. The number of para-hydroxylation sites is 1. The molecule has 6 heteroatoms. The molecule has 0 heterocycles. The third-order valence-electron chi connectivity index (χ3n) is 3.66. The molecule has 2 aromatic carbocycles. The average Bonchev–Trinajstić information content (AvgIpc) is 2.57. The second kappa shape index (κ2) is 7.92. The first kappa shape index (κ1) is 17.9. The van der Waals surface area contributed by atoms with Gasteiger partial charge in [-0.1, -0.05) is 24.3 Å². The molecule has 0 aliphatic carbocycles. The molecule has 0 bridgehead atoms. The summed E-state index contributed by atoms with van der Waals surface area (Å²) >= 11 is 0. The Morgan fingerprint density at radius 1 is 0.880 bits per heavy atom. The van der Waals surface area contributed by atoms with E-state index in [9.17, 15) is 14.4 Å². The van der Waals surface area contributed by atoms with Crippen molar-refractivity contribution in [1.29, 1.82) is 0 Å². The van der Waals surface area contributed by atoms with Crippen molar-refractivity contribution in [1.82, 2.24) is 0 Å². The third-order valence-corrected chi connectivity index (χ3v) is 3.66. The zero-order valence-corrected chi connectivity index (χ0v) is 13.9. The number of carbonyl (C=O) groups excluding carboxylic acids is 2. The molecule has 6 nitrogen and oxygen atoms in total. The highest BCUT2D eigenvalue weighted by Gasteiger charge is 2.13. The van der Waals surface area contributed by atoms with Gasteiger partial charge in [0.25, 0.3) is 5.91 Å². The number of carboxylic acids is 1. The van der Waals surface area contributed by atoms with Gasteiger partial charge < -0.3 is 15.7 Å². The molecule has 0 atom stereocenters. The van der Waals surface area contributed by atoms with Crippen LogP contribution in [0.15, 0.2) is 54.6 Å². The minimum absolute atomic E-state index is 0.278. The Labute approximate surface area is 145 Å². The number of aryl methyl sites for hydroxylation is 1. The van der Waals surface area contributed by atoms with Crippen molar-refractivity contribution in [3.8, 4) is 0 Å². The quantitative estimate of drug-likeness (QED) is 0.730. The molecular formula is C19H18N2O4. The van der Waals surface area contributed by atoms with Crippen LogP contribution in [0.1, 0.15) is 21.5 Å². The predicted octanol–water partition coefficient (Wildman–Crippen LogP) is 3.14. The minimum atomic E-state index is -1.23. The van der Waals surface area contributed by atoms with Crippen LogP contribution in [0.5, 0.6) is 0 Å². The number of rotatable bonds is 5. The number of nitrogens with one attached hydrogen (secondary N) is 2. The van der Waals surface area contributed by atoms with Crippen LogP contribution in [0, 0.1) is 13.8 Å². The van der Waals surface area contributed by atoms with E-state index in [0.29, 0.717) is 11.4 Å². The Kier molecular flexibility index (Phi) is 5.68. The summed E-state index contributed by atoms with van der Waals surface area (Å²) < 4.78 is 0. The number of hydrogen-bond donors (Lipinski definition) is 3. The monoisotopic (exact) mass is 338 g/mol. The SMILES string of the molecule is Cc1cccc(NC(=O)c2ccccc2NC(=O)C=CC(=O)O)c1C. The predicted molar refractivity (Wildman–Crippen MR) is 95.7 cm³/mol. The average molecular weight is 338 g/mol. The molecule has 2 amide bonds. The summed E-state index contributed by atoms with van der Waals surface area (Å²) in [6.07, 6.45) is 1.62. The largest absolute Gasteiger partial charge is 0.478 e. The van der Waals surface area contributed by atoms with Crippen LogP contribution in [0.4, 0.5) is 11.4 Å². The van der Waals surface area contributed by atoms with Crippen molar-refractivity contribution in [3.63, 3.8) is 0 Å². The van der Waals surface area contributed by atoms with Crippen LogP contribution in [-0.2, 0) is 9.59 Å². The van der Waals surface area contributed by atoms with Gasteiger partial charge in [-0.05, 0) is 43.2 Å². The molecule has 0 unspecified atom stereocenters. The summed E-state index contributed by atoms with van der Waals surface area (Å²) in [4.78, 5) is 34.8. The van der Waals surface area contributed by atoms with Gasteiger partial charge in [-0.2, -0.15) is 0 Å². The van der Waals surface area contributed by atoms with E-state index in [1.54, 1.807) is 30.3 Å². The van der Waals surface area contributed by atoms with Crippen molar-refractivity contribution in [3.05, 3.63) is 71.3 Å². The number of carbonyl (C=O) groups is 3. The minimum Gasteiger partial charge on any atom is -0.478 e. The van der Waals surface area contributed by atoms with E-state index in [1.165, 1.54) is 0 Å². The summed E-state index contributed by atoms with van der Waals surface area (Å²) in [6.45, 7) is 3.86. The van der Waals surface area contributed by atoms with Crippen LogP contribution in [0.2, 0.25) is 0 Å². The third kappa shape index (κ3) is 4.78. The first-order chi connectivity index (χ1) is 11.9. The van der Waals surface area contributed by atoms with Crippen molar-refractivity contribution in [2.75, 3.05) is 10.6 Å². The van der Waals surface area contributed by atoms with E-state index >= 15 is 0 Å².